The van der Waals surface area contributed by atoms with Crippen LogP contribution in [0.1, 0.15) is 5.56 Å². The third-order valence-corrected chi connectivity index (χ3v) is 3.61. The van der Waals surface area contributed by atoms with Crippen LogP contribution in [0, 0.1) is 11.3 Å². The number of hydrogen-bond acceptors (Lipinski definition) is 4. The molecule has 0 spiro atoms. The van der Waals surface area contributed by atoms with E-state index in [4.69, 9.17) is 5.73 Å². The molecule has 4 nitrogen and oxygen atoms in total. The molecule has 0 fully saturated rings. The van der Waals surface area contributed by atoms with Gasteiger partial charge in [0.1, 0.15) is 23.2 Å². The topological polar surface area (TPSA) is 71.9 Å². The molecule has 0 aliphatic rings. The smallest absolute Gasteiger partial charge is 0.406 e. The highest BCUT2D eigenvalue weighted by Gasteiger charge is 2.31. The van der Waals surface area contributed by atoms with Gasteiger partial charge in [-0.3, -0.25) is 0 Å². The summed E-state index contributed by atoms with van der Waals surface area (Å²) >= 11 is 0. The second-order valence-corrected chi connectivity index (χ2v) is 5.37. The third-order valence-electron chi connectivity index (χ3n) is 3.61. The molecule has 1 aromatic heterocycles. The van der Waals surface area contributed by atoms with Crippen LogP contribution in [0.3, 0.4) is 0 Å². The van der Waals surface area contributed by atoms with E-state index < -0.39 is 6.36 Å². The number of rotatable bonds is 3. The summed E-state index contributed by atoms with van der Waals surface area (Å²) in [6, 6.07) is 18.1. The number of pyridine rings is 1. The van der Waals surface area contributed by atoms with Crippen molar-refractivity contribution in [2.24, 2.45) is 0 Å². The highest BCUT2D eigenvalue weighted by atomic mass is 19.4. The molecule has 130 valence electrons. The number of anilines is 1. The summed E-state index contributed by atoms with van der Waals surface area (Å²) in [7, 11) is 0. The zero-order valence-electron chi connectivity index (χ0n) is 13.3. The summed E-state index contributed by atoms with van der Waals surface area (Å²) in [4.78, 5) is 4.23. The van der Waals surface area contributed by atoms with E-state index in [0.29, 0.717) is 16.8 Å². The zero-order chi connectivity index (χ0) is 18.7. The number of alkyl halides is 3. The van der Waals surface area contributed by atoms with Crippen LogP contribution in [0.15, 0.2) is 60.7 Å². The van der Waals surface area contributed by atoms with Crippen LogP contribution < -0.4 is 10.5 Å². The fourth-order valence-electron chi connectivity index (χ4n) is 2.53. The molecule has 2 aromatic carbocycles. The van der Waals surface area contributed by atoms with E-state index in [-0.39, 0.29) is 17.1 Å². The quantitative estimate of drug-likeness (QED) is 0.735. The van der Waals surface area contributed by atoms with Crippen molar-refractivity contribution in [1.29, 1.82) is 5.26 Å². The molecule has 0 aliphatic heterocycles. The Morgan fingerprint density at radius 3 is 2.31 bits per heavy atom. The maximum Gasteiger partial charge on any atom is 0.573 e. The molecule has 0 amide bonds. The summed E-state index contributed by atoms with van der Waals surface area (Å²) in [5.74, 6) is -0.374. The Bertz CT molecular complexity index is 980. The van der Waals surface area contributed by atoms with Crippen molar-refractivity contribution < 1.29 is 17.9 Å². The Kier molecular flexibility index (Phi) is 4.50. The monoisotopic (exact) mass is 355 g/mol. The molecule has 0 aliphatic carbocycles. The Morgan fingerprint density at radius 1 is 0.962 bits per heavy atom. The Morgan fingerprint density at radius 2 is 1.65 bits per heavy atom. The normalized spacial score (nSPS) is 11.0. The van der Waals surface area contributed by atoms with E-state index in [0.717, 1.165) is 5.56 Å². The molecule has 0 saturated heterocycles. The van der Waals surface area contributed by atoms with Crippen LogP contribution in [-0.4, -0.2) is 11.3 Å². The maximum atomic E-state index is 12.5. The van der Waals surface area contributed by atoms with E-state index in [9.17, 15) is 18.4 Å². The Labute approximate surface area is 147 Å². The van der Waals surface area contributed by atoms with Crippen LogP contribution >= 0.6 is 0 Å². The van der Waals surface area contributed by atoms with E-state index in [1.54, 1.807) is 12.1 Å². The molecule has 0 atom stereocenters. The second-order valence-electron chi connectivity index (χ2n) is 5.37. The van der Waals surface area contributed by atoms with Crippen LogP contribution in [0.25, 0.3) is 22.4 Å². The van der Waals surface area contributed by atoms with Crippen molar-refractivity contribution in [3.8, 4) is 34.2 Å². The molecular formula is C19H12F3N3O. The van der Waals surface area contributed by atoms with Crippen LogP contribution in [0.5, 0.6) is 5.75 Å². The lowest BCUT2D eigenvalue weighted by Gasteiger charge is -2.13. The molecular weight excluding hydrogens is 343 g/mol. The van der Waals surface area contributed by atoms with E-state index in [1.807, 2.05) is 36.4 Å². The molecule has 0 saturated carbocycles. The predicted octanol–water partition coefficient (Wildman–Crippen LogP) is 4.77. The molecule has 7 heteroatoms. The van der Waals surface area contributed by atoms with Gasteiger partial charge in [-0.2, -0.15) is 5.26 Å². The van der Waals surface area contributed by atoms with Gasteiger partial charge < -0.3 is 10.5 Å². The molecule has 0 radical (unpaired) electrons. The third kappa shape index (κ3) is 3.75. The van der Waals surface area contributed by atoms with Gasteiger partial charge in [-0.1, -0.05) is 42.5 Å². The zero-order valence-corrected chi connectivity index (χ0v) is 13.3. The van der Waals surface area contributed by atoms with Gasteiger partial charge in [0.25, 0.3) is 0 Å². The number of nitrogens with two attached hydrogens (primary N) is 1. The van der Waals surface area contributed by atoms with Gasteiger partial charge in [-0.05, 0) is 23.8 Å². The van der Waals surface area contributed by atoms with Gasteiger partial charge in [0.2, 0.25) is 0 Å². The average molecular weight is 355 g/mol. The van der Waals surface area contributed by atoms with Gasteiger partial charge >= 0.3 is 6.36 Å². The fraction of sp³-hybridized carbons (Fsp3) is 0.0526. The highest BCUT2D eigenvalue weighted by Crippen LogP contribution is 2.33. The predicted molar refractivity (Wildman–Crippen MR) is 90.9 cm³/mol. The average Bonchev–Trinajstić information content (AvgIpc) is 2.60. The number of ether oxygens (including phenoxy) is 1. The number of nitrogen functional groups attached to an aromatic ring is 1. The van der Waals surface area contributed by atoms with Gasteiger partial charge in [0.15, 0.2) is 0 Å². The van der Waals surface area contributed by atoms with Crippen molar-refractivity contribution in [2.45, 2.75) is 6.36 Å². The highest BCUT2D eigenvalue weighted by molar-refractivity contribution is 5.80. The van der Waals surface area contributed by atoms with E-state index in [2.05, 4.69) is 9.72 Å². The van der Waals surface area contributed by atoms with Crippen molar-refractivity contribution in [2.75, 3.05) is 5.73 Å². The first-order valence-corrected chi connectivity index (χ1v) is 7.49. The van der Waals surface area contributed by atoms with Gasteiger partial charge in [0, 0.05) is 11.1 Å². The molecule has 0 unspecified atom stereocenters. The fourth-order valence-corrected chi connectivity index (χ4v) is 2.53. The Balaban J connectivity index is 2.14. The first-order chi connectivity index (χ1) is 12.4. The standard InChI is InChI=1S/C19H12F3N3O/c20-19(21,22)26-14-8-4-7-13(9-14)15-10-17(12-5-2-1-3-6-12)25-18(24)16(15)11-23/h1-10H,(H2,24,25). The van der Waals surface area contributed by atoms with Gasteiger partial charge in [0.05, 0.1) is 5.69 Å². The minimum atomic E-state index is -4.80. The van der Waals surface area contributed by atoms with Crippen LogP contribution in [-0.2, 0) is 0 Å². The summed E-state index contributed by atoms with van der Waals surface area (Å²) < 4.78 is 41.4. The summed E-state index contributed by atoms with van der Waals surface area (Å²) in [6.07, 6.45) is -4.80. The minimum absolute atomic E-state index is 0.00555. The second kappa shape index (κ2) is 6.76. The lowest BCUT2D eigenvalue weighted by molar-refractivity contribution is -0.274. The number of benzene rings is 2. The summed E-state index contributed by atoms with van der Waals surface area (Å²) in [5, 5.41) is 9.40. The van der Waals surface area contributed by atoms with E-state index in [1.165, 1.54) is 18.2 Å². The van der Waals surface area contributed by atoms with Crippen molar-refractivity contribution >= 4 is 5.82 Å². The van der Waals surface area contributed by atoms with Crippen molar-refractivity contribution in [1.82, 2.24) is 4.98 Å². The van der Waals surface area contributed by atoms with Crippen molar-refractivity contribution in [3.05, 3.63) is 66.2 Å². The lowest BCUT2D eigenvalue weighted by atomic mass is 9.98. The first kappa shape index (κ1) is 17.3. The Hall–Kier alpha value is -3.53. The molecule has 26 heavy (non-hydrogen) atoms. The number of nitriles is 1. The molecule has 3 rings (SSSR count). The lowest BCUT2D eigenvalue weighted by Crippen LogP contribution is -2.17. The SMILES string of the molecule is N#Cc1c(-c2cccc(OC(F)(F)F)c2)cc(-c2ccccc2)nc1N. The van der Waals surface area contributed by atoms with Crippen LogP contribution in [0.2, 0.25) is 0 Å². The van der Waals surface area contributed by atoms with Gasteiger partial charge in [-0.15, -0.1) is 13.2 Å². The number of hydrogen-bond donors (Lipinski definition) is 1. The summed E-state index contributed by atoms with van der Waals surface area (Å²) in [6.45, 7) is 0. The minimum Gasteiger partial charge on any atom is -0.406 e. The number of halogens is 3. The summed E-state index contributed by atoms with van der Waals surface area (Å²) in [5.41, 5.74) is 8.03. The van der Waals surface area contributed by atoms with Gasteiger partial charge in [-0.25, -0.2) is 4.98 Å². The molecule has 1 heterocycles. The molecule has 0 bridgehead atoms. The largest absolute Gasteiger partial charge is 0.573 e. The van der Waals surface area contributed by atoms with Crippen LogP contribution in [0.4, 0.5) is 19.0 Å². The number of nitrogens with zero attached hydrogens (tertiary/aromatic N) is 2. The van der Waals surface area contributed by atoms with Crippen molar-refractivity contribution in [3.63, 3.8) is 0 Å². The first-order valence-electron chi connectivity index (χ1n) is 7.49. The molecule has 3 aromatic rings. The molecule has 2 N–H and O–H groups in total. The van der Waals surface area contributed by atoms with E-state index >= 15 is 0 Å². The number of aromatic nitrogens is 1. The maximum absolute atomic E-state index is 12.5.